The average Bonchev–Trinajstić information content (AvgIpc) is 2.55. The molecule has 0 atom stereocenters. The van der Waals surface area contributed by atoms with Crippen molar-refractivity contribution < 1.29 is 10.2 Å². The molecule has 0 radical (unpaired) electrons. The molecular formula is C16H10Br2N2O2. The summed E-state index contributed by atoms with van der Waals surface area (Å²) in [6, 6.07) is 11.1. The number of aromatic hydroxyl groups is 2. The maximum Gasteiger partial charge on any atom is 0.147 e. The Hall–Kier alpha value is -1.92. The molecular weight excluding hydrogens is 412 g/mol. The second-order valence-electron chi connectivity index (χ2n) is 4.60. The van der Waals surface area contributed by atoms with Crippen molar-refractivity contribution >= 4 is 54.7 Å². The van der Waals surface area contributed by atoms with E-state index in [2.05, 4.69) is 41.8 Å². The van der Waals surface area contributed by atoms with E-state index in [9.17, 15) is 10.2 Å². The van der Waals surface area contributed by atoms with Crippen LogP contribution in [0.1, 0.15) is 5.56 Å². The number of benzene rings is 2. The van der Waals surface area contributed by atoms with E-state index in [1.54, 1.807) is 18.5 Å². The van der Waals surface area contributed by atoms with Crippen LogP contribution in [0.2, 0.25) is 0 Å². The van der Waals surface area contributed by atoms with Gasteiger partial charge in [-0.2, -0.15) is 0 Å². The Balaban J connectivity index is 1.99. The van der Waals surface area contributed by atoms with E-state index in [-0.39, 0.29) is 16.0 Å². The van der Waals surface area contributed by atoms with E-state index in [0.29, 0.717) is 10.0 Å². The molecule has 3 aromatic rings. The van der Waals surface area contributed by atoms with Gasteiger partial charge in [-0.1, -0.05) is 6.07 Å². The first-order chi connectivity index (χ1) is 10.6. The molecule has 0 aliphatic rings. The quantitative estimate of drug-likeness (QED) is 0.577. The molecule has 3 rings (SSSR count). The summed E-state index contributed by atoms with van der Waals surface area (Å²) in [5.74, 6) is -0.113. The Labute approximate surface area is 143 Å². The van der Waals surface area contributed by atoms with E-state index in [1.807, 2.05) is 30.3 Å². The number of aliphatic imine (C=N–C) groups is 1. The van der Waals surface area contributed by atoms with Gasteiger partial charge in [0.25, 0.3) is 0 Å². The summed E-state index contributed by atoms with van der Waals surface area (Å²) in [7, 11) is 0. The van der Waals surface area contributed by atoms with Crippen LogP contribution in [0.5, 0.6) is 11.5 Å². The zero-order chi connectivity index (χ0) is 15.7. The smallest absolute Gasteiger partial charge is 0.147 e. The minimum atomic E-state index is -0.0631. The zero-order valence-corrected chi connectivity index (χ0v) is 14.3. The van der Waals surface area contributed by atoms with E-state index in [0.717, 1.165) is 16.6 Å². The summed E-state index contributed by atoms with van der Waals surface area (Å²) in [6.07, 6.45) is 3.29. The van der Waals surface area contributed by atoms with Crippen LogP contribution in [-0.4, -0.2) is 21.4 Å². The van der Waals surface area contributed by atoms with Crippen molar-refractivity contribution in [3.63, 3.8) is 0 Å². The van der Waals surface area contributed by atoms with Gasteiger partial charge in [-0.05, 0) is 62.2 Å². The van der Waals surface area contributed by atoms with Gasteiger partial charge in [0.1, 0.15) is 16.0 Å². The first kappa shape index (κ1) is 15.0. The van der Waals surface area contributed by atoms with Crippen LogP contribution in [0.15, 0.2) is 56.5 Å². The lowest BCUT2D eigenvalue weighted by Gasteiger charge is -2.06. The summed E-state index contributed by atoms with van der Waals surface area (Å²) in [5, 5.41) is 20.7. The van der Waals surface area contributed by atoms with Crippen LogP contribution < -0.4 is 0 Å². The fourth-order valence-corrected chi connectivity index (χ4v) is 3.16. The van der Waals surface area contributed by atoms with Crippen molar-refractivity contribution in [2.75, 3.05) is 0 Å². The molecule has 110 valence electrons. The lowest BCUT2D eigenvalue weighted by atomic mass is 10.2. The molecule has 0 aliphatic carbocycles. The predicted molar refractivity (Wildman–Crippen MR) is 94.2 cm³/mol. The lowest BCUT2D eigenvalue weighted by molar-refractivity contribution is 0.442. The molecule has 0 amide bonds. The van der Waals surface area contributed by atoms with Gasteiger partial charge in [0.2, 0.25) is 0 Å². The number of pyridine rings is 1. The van der Waals surface area contributed by atoms with Gasteiger partial charge in [-0.3, -0.25) is 9.98 Å². The molecule has 4 nitrogen and oxygen atoms in total. The third-order valence-electron chi connectivity index (χ3n) is 3.14. The fourth-order valence-electron chi connectivity index (χ4n) is 2.00. The normalized spacial score (nSPS) is 11.4. The van der Waals surface area contributed by atoms with Crippen LogP contribution >= 0.6 is 31.9 Å². The summed E-state index contributed by atoms with van der Waals surface area (Å²) in [4.78, 5) is 8.62. The molecule has 0 bridgehead atoms. The molecule has 0 fully saturated rings. The van der Waals surface area contributed by atoms with E-state index in [4.69, 9.17) is 0 Å². The standard InChI is InChI=1S/C16H10Br2N2O2/c17-12-7-10(15(21)14(18)16(12)22)8-20-11-3-4-13-9(6-11)2-1-5-19-13/h1-8,21-22H/b20-8+. The highest BCUT2D eigenvalue weighted by Gasteiger charge is 2.12. The molecule has 6 heteroatoms. The second kappa shape index (κ2) is 6.06. The third-order valence-corrected chi connectivity index (χ3v) is 4.49. The van der Waals surface area contributed by atoms with E-state index < -0.39 is 0 Å². The number of halogens is 2. The fraction of sp³-hybridized carbons (Fsp3) is 0. The molecule has 2 N–H and O–H groups in total. The topological polar surface area (TPSA) is 65.7 Å². The Kier molecular flexibility index (Phi) is 4.13. The predicted octanol–water partition coefficient (Wildman–Crippen LogP) is 4.92. The Morgan fingerprint density at radius 2 is 1.86 bits per heavy atom. The number of fused-ring (bicyclic) bond motifs is 1. The van der Waals surface area contributed by atoms with E-state index in [1.165, 1.54) is 0 Å². The average molecular weight is 422 g/mol. The van der Waals surface area contributed by atoms with Crippen LogP contribution in [0.4, 0.5) is 5.69 Å². The number of hydrogen-bond donors (Lipinski definition) is 2. The lowest BCUT2D eigenvalue weighted by Crippen LogP contribution is -1.86. The molecule has 0 saturated heterocycles. The molecule has 0 aliphatic heterocycles. The van der Waals surface area contributed by atoms with Gasteiger partial charge >= 0.3 is 0 Å². The molecule has 1 aromatic heterocycles. The van der Waals surface area contributed by atoms with Crippen molar-refractivity contribution in [1.82, 2.24) is 4.98 Å². The number of phenolic OH excluding ortho intramolecular Hbond substituents is 2. The van der Waals surface area contributed by atoms with Crippen molar-refractivity contribution in [2.45, 2.75) is 0 Å². The number of aromatic nitrogens is 1. The van der Waals surface area contributed by atoms with Crippen LogP contribution in [0.25, 0.3) is 10.9 Å². The second-order valence-corrected chi connectivity index (χ2v) is 6.24. The first-order valence-electron chi connectivity index (χ1n) is 6.35. The van der Waals surface area contributed by atoms with E-state index >= 15 is 0 Å². The Morgan fingerprint density at radius 1 is 1.05 bits per heavy atom. The highest BCUT2D eigenvalue weighted by molar-refractivity contribution is 9.11. The molecule has 0 spiro atoms. The maximum atomic E-state index is 10.0. The van der Waals surface area contributed by atoms with Crippen LogP contribution in [-0.2, 0) is 0 Å². The monoisotopic (exact) mass is 420 g/mol. The Morgan fingerprint density at radius 3 is 2.68 bits per heavy atom. The molecule has 0 unspecified atom stereocenters. The van der Waals surface area contributed by atoms with Crippen molar-refractivity contribution in [2.24, 2.45) is 4.99 Å². The van der Waals surface area contributed by atoms with Gasteiger partial charge in [0, 0.05) is 23.4 Å². The first-order valence-corrected chi connectivity index (χ1v) is 7.93. The zero-order valence-electron chi connectivity index (χ0n) is 11.2. The largest absolute Gasteiger partial charge is 0.506 e. The summed E-state index contributed by atoms with van der Waals surface area (Å²) < 4.78 is 0.701. The number of phenols is 2. The Bertz CT molecular complexity index is 895. The molecule has 2 aromatic carbocycles. The van der Waals surface area contributed by atoms with Gasteiger partial charge < -0.3 is 10.2 Å². The van der Waals surface area contributed by atoms with Gasteiger partial charge in [-0.25, -0.2) is 0 Å². The van der Waals surface area contributed by atoms with Crippen molar-refractivity contribution in [1.29, 1.82) is 0 Å². The molecule has 1 heterocycles. The number of nitrogens with zero attached hydrogens (tertiary/aromatic N) is 2. The third kappa shape index (κ3) is 2.84. The van der Waals surface area contributed by atoms with Gasteiger partial charge in [0.05, 0.1) is 15.7 Å². The minimum Gasteiger partial charge on any atom is -0.506 e. The summed E-state index contributed by atoms with van der Waals surface area (Å²) in [6.45, 7) is 0. The highest BCUT2D eigenvalue weighted by atomic mass is 79.9. The minimum absolute atomic E-state index is 0.0496. The number of rotatable bonds is 2. The maximum absolute atomic E-state index is 10.0. The highest BCUT2D eigenvalue weighted by Crippen LogP contribution is 2.40. The van der Waals surface area contributed by atoms with Crippen LogP contribution in [0.3, 0.4) is 0 Å². The van der Waals surface area contributed by atoms with Crippen molar-refractivity contribution in [3.8, 4) is 11.5 Å². The molecule has 22 heavy (non-hydrogen) atoms. The SMILES string of the molecule is Oc1c(Br)cc(/C=N/c2ccc3ncccc3c2)c(O)c1Br. The molecule has 0 saturated carbocycles. The number of hydrogen-bond acceptors (Lipinski definition) is 4. The summed E-state index contributed by atoms with van der Waals surface area (Å²) in [5.41, 5.74) is 2.14. The van der Waals surface area contributed by atoms with Crippen LogP contribution in [0, 0.1) is 0 Å². The summed E-state index contributed by atoms with van der Waals surface area (Å²) >= 11 is 6.37. The van der Waals surface area contributed by atoms with Gasteiger partial charge in [-0.15, -0.1) is 0 Å². The van der Waals surface area contributed by atoms with Gasteiger partial charge in [0.15, 0.2) is 0 Å². The van der Waals surface area contributed by atoms with Crippen molar-refractivity contribution in [3.05, 3.63) is 57.1 Å².